The number of halogens is 4. The number of nitrogens with one attached hydrogen (secondary N) is 2. The molecule has 2 N–H and O–H groups in total. The van der Waals surface area contributed by atoms with Gasteiger partial charge >= 0.3 is 12.1 Å². The molecule has 0 saturated heterocycles. The molecule has 0 aliphatic heterocycles. The van der Waals surface area contributed by atoms with Crippen molar-refractivity contribution < 1.29 is 22.7 Å². The molecule has 0 saturated carbocycles. The molecule has 1 aromatic carbocycles. The van der Waals surface area contributed by atoms with Gasteiger partial charge in [-0.25, -0.2) is 4.98 Å². The fourth-order valence-corrected chi connectivity index (χ4v) is 2.60. The molecule has 0 unspecified atom stereocenters. The highest BCUT2D eigenvalue weighted by molar-refractivity contribution is 6.33. The Balaban J connectivity index is 2.01. The zero-order valence-electron chi connectivity index (χ0n) is 12.7. The van der Waals surface area contributed by atoms with E-state index in [4.69, 9.17) is 16.3 Å². The first-order chi connectivity index (χ1) is 11.8. The van der Waals surface area contributed by atoms with E-state index >= 15 is 0 Å². The lowest BCUT2D eigenvalue weighted by atomic mass is 10.2. The second-order valence-electron chi connectivity index (χ2n) is 5.11. The third-order valence-corrected chi connectivity index (χ3v) is 3.78. The zero-order chi connectivity index (χ0) is 18.2. The van der Waals surface area contributed by atoms with Gasteiger partial charge < -0.3 is 15.0 Å². The standard InChI is InChI=1S/C16H11ClF3N3O2/c1-25-14-13(10(17)4-5-21-14)12-6-8-2-3-9(7-11(8)23-12)22-15(24)16(18,19)20/h2-7,23H,1H3,(H,22,24). The Hall–Kier alpha value is -2.74. The Bertz CT molecular complexity index is 953. The maximum absolute atomic E-state index is 12.3. The molecule has 2 heterocycles. The third kappa shape index (κ3) is 3.39. The molecule has 0 bridgehead atoms. The number of benzene rings is 1. The largest absolute Gasteiger partial charge is 0.480 e. The van der Waals surface area contributed by atoms with E-state index in [9.17, 15) is 18.0 Å². The first-order valence-electron chi connectivity index (χ1n) is 6.99. The van der Waals surface area contributed by atoms with Gasteiger partial charge in [-0.2, -0.15) is 13.2 Å². The summed E-state index contributed by atoms with van der Waals surface area (Å²) in [7, 11) is 1.45. The number of carbonyl (C=O) groups excluding carboxylic acids is 1. The highest BCUT2D eigenvalue weighted by atomic mass is 35.5. The van der Waals surface area contributed by atoms with Gasteiger partial charge in [0.1, 0.15) is 0 Å². The van der Waals surface area contributed by atoms with Crippen LogP contribution in [0.3, 0.4) is 0 Å². The van der Waals surface area contributed by atoms with E-state index in [1.165, 1.54) is 25.4 Å². The zero-order valence-corrected chi connectivity index (χ0v) is 13.5. The van der Waals surface area contributed by atoms with Crippen LogP contribution in [0.4, 0.5) is 18.9 Å². The summed E-state index contributed by atoms with van der Waals surface area (Å²) in [6.07, 6.45) is -3.45. The van der Waals surface area contributed by atoms with E-state index < -0.39 is 12.1 Å². The van der Waals surface area contributed by atoms with Crippen LogP contribution >= 0.6 is 11.6 Å². The molecule has 2 aromatic heterocycles. The van der Waals surface area contributed by atoms with E-state index in [0.717, 1.165) is 5.39 Å². The van der Waals surface area contributed by atoms with Gasteiger partial charge in [0.05, 0.1) is 23.4 Å². The van der Waals surface area contributed by atoms with Crippen LogP contribution in [0.15, 0.2) is 36.5 Å². The normalized spacial score (nSPS) is 11.6. The van der Waals surface area contributed by atoms with Crippen molar-refractivity contribution in [3.05, 3.63) is 41.6 Å². The quantitative estimate of drug-likeness (QED) is 0.719. The number of ether oxygens (including phenoxy) is 1. The molecule has 1 amide bonds. The lowest BCUT2D eigenvalue weighted by Crippen LogP contribution is -2.29. The minimum absolute atomic E-state index is 0.0208. The topological polar surface area (TPSA) is 67.0 Å². The molecular weight excluding hydrogens is 359 g/mol. The van der Waals surface area contributed by atoms with E-state index in [0.29, 0.717) is 27.7 Å². The summed E-state index contributed by atoms with van der Waals surface area (Å²) in [4.78, 5) is 18.2. The number of aromatic amines is 1. The highest BCUT2D eigenvalue weighted by Gasteiger charge is 2.38. The molecule has 0 aliphatic carbocycles. The van der Waals surface area contributed by atoms with Crippen LogP contribution < -0.4 is 10.1 Å². The predicted molar refractivity (Wildman–Crippen MR) is 87.8 cm³/mol. The Morgan fingerprint density at radius 2 is 2.04 bits per heavy atom. The van der Waals surface area contributed by atoms with Crippen molar-refractivity contribution in [2.75, 3.05) is 12.4 Å². The fraction of sp³-hybridized carbons (Fsp3) is 0.125. The van der Waals surface area contributed by atoms with Gasteiger partial charge in [0, 0.05) is 22.8 Å². The number of alkyl halides is 3. The predicted octanol–water partition coefficient (Wildman–Crippen LogP) is 4.39. The molecule has 5 nitrogen and oxygen atoms in total. The number of carbonyl (C=O) groups is 1. The molecule has 3 rings (SSSR count). The molecule has 0 aliphatic rings. The molecule has 130 valence electrons. The first-order valence-corrected chi connectivity index (χ1v) is 7.37. The summed E-state index contributed by atoms with van der Waals surface area (Å²) in [5.74, 6) is -1.72. The maximum Gasteiger partial charge on any atom is 0.471 e. The van der Waals surface area contributed by atoms with E-state index in [2.05, 4.69) is 9.97 Å². The lowest BCUT2D eigenvalue weighted by molar-refractivity contribution is -0.167. The summed E-state index contributed by atoms with van der Waals surface area (Å²) in [5, 5.41) is 2.94. The second-order valence-corrected chi connectivity index (χ2v) is 5.52. The molecule has 0 fully saturated rings. The van der Waals surface area contributed by atoms with Crippen molar-refractivity contribution in [2.24, 2.45) is 0 Å². The van der Waals surface area contributed by atoms with Crippen molar-refractivity contribution in [2.45, 2.75) is 6.18 Å². The molecule has 3 aromatic rings. The third-order valence-electron chi connectivity index (χ3n) is 3.47. The Labute approximate surface area is 144 Å². The van der Waals surface area contributed by atoms with Crippen LogP contribution in [-0.2, 0) is 4.79 Å². The number of nitrogens with zero attached hydrogens (tertiary/aromatic N) is 1. The van der Waals surface area contributed by atoms with Crippen LogP contribution in [0.2, 0.25) is 5.02 Å². The van der Waals surface area contributed by atoms with Crippen molar-refractivity contribution in [1.29, 1.82) is 0 Å². The number of rotatable bonds is 3. The second kappa shape index (κ2) is 6.29. The van der Waals surface area contributed by atoms with Gasteiger partial charge in [0.15, 0.2) is 0 Å². The molecule has 25 heavy (non-hydrogen) atoms. The van der Waals surface area contributed by atoms with E-state index in [1.54, 1.807) is 18.2 Å². The summed E-state index contributed by atoms with van der Waals surface area (Å²) >= 11 is 6.20. The average molecular weight is 370 g/mol. The summed E-state index contributed by atoms with van der Waals surface area (Å²) in [6, 6.07) is 7.72. The highest BCUT2D eigenvalue weighted by Crippen LogP contribution is 2.36. The minimum Gasteiger partial charge on any atom is -0.480 e. The number of pyridine rings is 1. The van der Waals surface area contributed by atoms with Gasteiger partial charge in [-0.3, -0.25) is 4.79 Å². The van der Waals surface area contributed by atoms with Crippen LogP contribution in [0.1, 0.15) is 0 Å². The Kier molecular flexibility index (Phi) is 4.30. The number of hydrogen-bond acceptors (Lipinski definition) is 3. The van der Waals surface area contributed by atoms with Crippen molar-refractivity contribution >= 4 is 34.1 Å². The molecular formula is C16H11ClF3N3O2. The van der Waals surface area contributed by atoms with Crippen LogP contribution in [0.5, 0.6) is 5.88 Å². The molecule has 0 radical (unpaired) electrons. The number of anilines is 1. The van der Waals surface area contributed by atoms with Gasteiger partial charge in [-0.1, -0.05) is 17.7 Å². The summed E-state index contributed by atoms with van der Waals surface area (Å²) in [6.45, 7) is 0. The Morgan fingerprint density at radius 3 is 2.72 bits per heavy atom. The van der Waals surface area contributed by atoms with E-state index in [1.807, 2.05) is 5.32 Å². The number of hydrogen-bond donors (Lipinski definition) is 2. The summed E-state index contributed by atoms with van der Waals surface area (Å²) < 4.78 is 42.2. The minimum atomic E-state index is -4.95. The number of fused-ring (bicyclic) bond motifs is 1. The average Bonchev–Trinajstić information content (AvgIpc) is 2.96. The monoisotopic (exact) mass is 369 g/mol. The van der Waals surface area contributed by atoms with Crippen molar-refractivity contribution in [3.63, 3.8) is 0 Å². The van der Waals surface area contributed by atoms with Crippen molar-refractivity contribution in [3.8, 4) is 17.1 Å². The van der Waals surface area contributed by atoms with Crippen LogP contribution in [-0.4, -0.2) is 29.2 Å². The van der Waals surface area contributed by atoms with Gasteiger partial charge in [0.25, 0.3) is 0 Å². The number of aromatic nitrogens is 2. The molecule has 9 heteroatoms. The van der Waals surface area contributed by atoms with Gasteiger partial charge in [-0.15, -0.1) is 0 Å². The van der Waals surface area contributed by atoms with E-state index in [-0.39, 0.29) is 5.69 Å². The summed E-state index contributed by atoms with van der Waals surface area (Å²) in [5.41, 5.74) is 1.66. The Morgan fingerprint density at radius 1 is 1.28 bits per heavy atom. The molecule has 0 spiro atoms. The lowest BCUT2D eigenvalue weighted by Gasteiger charge is -2.07. The van der Waals surface area contributed by atoms with Gasteiger partial charge in [-0.05, 0) is 24.3 Å². The molecule has 0 atom stereocenters. The van der Waals surface area contributed by atoms with Crippen molar-refractivity contribution in [1.82, 2.24) is 9.97 Å². The van der Waals surface area contributed by atoms with Crippen LogP contribution in [0.25, 0.3) is 22.2 Å². The number of H-pyrrole nitrogens is 1. The maximum atomic E-state index is 12.3. The fourth-order valence-electron chi connectivity index (χ4n) is 2.36. The number of methoxy groups -OCH3 is 1. The SMILES string of the molecule is COc1nccc(Cl)c1-c1cc2ccc(NC(=O)C(F)(F)F)cc2[nH]1. The smallest absolute Gasteiger partial charge is 0.471 e. The van der Waals surface area contributed by atoms with Gasteiger partial charge in [0.2, 0.25) is 5.88 Å². The first kappa shape index (κ1) is 17.1. The van der Waals surface area contributed by atoms with Crippen LogP contribution in [0, 0.1) is 0 Å². The number of amides is 1.